The van der Waals surface area contributed by atoms with Crippen LogP contribution in [0.5, 0.6) is 0 Å². The molecule has 4 nitrogen and oxygen atoms in total. The maximum absolute atomic E-state index is 12.4. The molecular formula is C20H17N3OS2. The van der Waals surface area contributed by atoms with Crippen LogP contribution in [0.1, 0.15) is 16.7 Å². The third-order valence-corrected chi connectivity index (χ3v) is 5.72. The highest BCUT2D eigenvalue weighted by Crippen LogP contribution is 2.28. The number of benzene rings is 1. The van der Waals surface area contributed by atoms with E-state index in [-0.39, 0.29) is 11.7 Å². The van der Waals surface area contributed by atoms with Gasteiger partial charge in [-0.05, 0) is 48.6 Å². The topological polar surface area (TPSA) is 65.8 Å². The van der Waals surface area contributed by atoms with Gasteiger partial charge in [-0.25, -0.2) is 4.98 Å². The fourth-order valence-electron chi connectivity index (χ4n) is 2.52. The molecule has 26 heavy (non-hydrogen) atoms. The molecule has 0 unspecified atom stereocenters. The zero-order chi connectivity index (χ0) is 18.5. The van der Waals surface area contributed by atoms with E-state index in [9.17, 15) is 10.1 Å². The Morgan fingerprint density at radius 3 is 2.62 bits per heavy atom. The van der Waals surface area contributed by atoms with Crippen LogP contribution < -0.4 is 5.32 Å². The molecule has 130 valence electrons. The number of amides is 1. The second-order valence-electron chi connectivity index (χ2n) is 5.74. The molecule has 0 atom stereocenters. The summed E-state index contributed by atoms with van der Waals surface area (Å²) < 4.78 is 0. The van der Waals surface area contributed by atoms with E-state index >= 15 is 0 Å². The van der Waals surface area contributed by atoms with E-state index < -0.39 is 0 Å². The van der Waals surface area contributed by atoms with Crippen molar-refractivity contribution in [3.63, 3.8) is 0 Å². The Kier molecular flexibility index (Phi) is 5.71. The summed E-state index contributed by atoms with van der Waals surface area (Å²) in [5, 5.41) is 14.8. The lowest BCUT2D eigenvalue weighted by molar-refractivity contribution is -0.113. The lowest BCUT2D eigenvalue weighted by atomic mass is 10.1. The van der Waals surface area contributed by atoms with Crippen LogP contribution in [0.4, 0.5) is 5.69 Å². The number of pyridine rings is 1. The molecule has 6 heteroatoms. The van der Waals surface area contributed by atoms with Crippen LogP contribution in [-0.4, -0.2) is 16.6 Å². The number of carbonyl (C=O) groups excluding carboxylic acids is 1. The number of nitrogens with zero attached hydrogens (tertiary/aromatic N) is 2. The van der Waals surface area contributed by atoms with E-state index in [1.54, 1.807) is 17.4 Å². The minimum absolute atomic E-state index is 0.111. The molecule has 2 aromatic heterocycles. The van der Waals surface area contributed by atoms with Gasteiger partial charge in [0.2, 0.25) is 5.91 Å². The summed E-state index contributed by atoms with van der Waals surface area (Å²) in [5.74, 6) is 0.0863. The minimum atomic E-state index is -0.111. The summed E-state index contributed by atoms with van der Waals surface area (Å²) in [7, 11) is 0. The number of nitrogens with one attached hydrogen (secondary N) is 1. The predicted molar refractivity (Wildman–Crippen MR) is 108 cm³/mol. The standard InChI is InChI=1S/C20H17N3OS2/c1-13-5-3-6-14(2)19(13)23-18(24)12-26-20-15(11-21)8-9-16(22-20)17-7-4-10-25-17/h3-10H,12H2,1-2H3,(H,23,24). The number of carbonyl (C=O) groups is 1. The summed E-state index contributed by atoms with van der Waals surface area (Å²) >= 11 is 2.87. The molecule has 0 aliphatic heterocycles. The molecule has 0 saturated carbocycles. The number of aromatic nitrogens is 1. The van der Waals surface area contributed by atoms with Crippen molar-refractivity contribution in [2.45, 2.75) is 18.9 Å². The Morgan fingerprint density at radius 2 is 1.96 bits per heavy atom. The van der Waals surface area contributed by atoms with E-state index in [1.807, 2.05) is 55.6 Å². The molecule has 3 aromatic rings. The molecule has 0 spiro atoms. The van der Waals surface area contributed by atoms with Crippen molar-refractivity contribution in [3.8, 4) is 16.6 Å². The zero-order valence-electron chi connectivity index (χ0n) is 14.4. The number of anilines is 1. The molecule has 2 heterocycles. The van der Waals surface area contributed by atoms with Crippen molar-refractivity contribution in [1.29, 1.82) is 5.26 Å². The molecular weight excluding hydrogens is 362 g/mol. The summed E-state index contributed by atoms with van der Waals surface area (Å²) in [6.45, 7) is 3.94. The second-order valence-corrected chi connectivity index (χ2v) is 7.65. The summed E-state index contributed by atoms with van der Waals surface area (Å²) in [6.07, 6.45) is 0. The van der Waals surface area contributed by atoms with Crippen molar-refractivity contribution in [3.05, 3.63) is 64.5 Å². The lowest BCUT2D eigenvalue weighted by Gasteiger charge is -2.11. The highest BCUT2D eigenvalue weighted by atomic mass is 32.2. The highest BCUT2D eigenvalue weighted by molar-refractivity contribution is 8.00. The van der Waals surface area contributed by atoms with Gasteiger partial charge in [0.25, 0.3) is 0 Å². The quantitative estimate of drug-likeness (QED) is 0.632. The van der Waals surface area contributed by atoms with Gasteiger partial charge in [0, 0.05) is 5.69 Å². The normalized spacial score (nSPS) is 10.3. The summed E-state index contributed by atoms with van der Waals surface area (Å²) in [5.41, 5.74) is 4.20. The Hall–Kier alpha value is -2.62. The van der Waals surface area contributed by atoms with Crippen LogP contribution in [0.2, 0.25) is 0 Å². The van der Waals surface area contributed by atoms with Crippen LogP contribution in [0, 0.1) is 25.2 Å². The average molecular weight is 380 g/mol. The molecule has 0 radical (unpaired) electrons. The van der Waals surface area contributed by atoms with Gasteiger partial charge in [-0.15, -0.1) is 11.3 Å². The third kappa shape index (κ3) is 4.13. The monoisotopic (exact) mass is 379 g/mol. The van der Waals surface area contributed by atoms with E-state index in [0.29, 0.717) is 10.6 Å². The first-order valence-corrected chi connectivity index (χ1v) is 9.89. The average Bonchev–Trinajstić information content (AvgIpc) is 3.17. The fraction of sp³-hybridized carbons (Fsp3) is 0.150. The van der Waals surface area contributed by atoms with Gasteiger partial charge in [0.1, 0.15) is 11.1 Å². The van der Waals surface area contributed by atoms with Gasteiger partial charge in [-0.3, -0.25) is 4.79 Å². The summed E-state index contributed by atoms with van der Waals surface area (Å²) in [6, 6.07) is 15.6. The Bertz CT molecular complexity index is 955. The zero-order valence-corrected chi connectivity index (χ0v) is 16.1. The molecule has 0 bridgehead atoms. The van der Waals surface area contributed by atoms with Gasteiger partial charge in [0.15, 0.2) is 0 Å². The van der Waals surface area contributed by atoms with E-state index in [2.05, 4.69) is 16.4 Å². The molecule has 0 aliphatic rings. The highest BCUT2D eigenvalue weighted by Gasteiger charge is 2.12. The lowest BCUT2D eigenvalue weighted by Crippen LogP contribution is -2.16. The molecule has 1 N–H and O–H groups in total. The van der Waals surface area contributed by atoms with Gasteiger partial charge in [0.05, 0.1) is 21.9 Å². The number of nitriles is 1. The van der Waals surface area contributed by atoms with Gasteiger partial charge in [-0.2, -0.15) is 5.26 Å². The first-order chi connectivity index (χ1) is 12.6. The van der Waals surface area contributed by atoms with Crippen molar-refractivity contribution < 1.29 is 4.79 Å². The maximum Gasteiger partial charge on any atom is 0.234 e. The molecule has 0 fully saturated rings. The third-order valence-electron chi connectivity index (χ3n) is 3.84. The van der Waals surface area contributed by atoms with Crippen LogP contribution in [0.25, 0.3) is 10.6 Å². The van der Waals surface area contributed by atoms with Crippen molar-refractivity contribution in [2.24, 2.45) is 0 Å². The Morgan fingerprint density at radius 1 is 1.19 bits per heavy atom. The number of rotatable bonds is 5. The number of hydrogen-bond donors (Lipinski definition) is 1. The Balaban J connectivity index is 1.73. The van der Waals surface area contributed by atoms with Crippen LogP contribution in [-0.2, 0) is 4.79 Å². The van der Waals surface area contributed by atoms with Gasteiger partial charge >= 0.3 is 0 Å². The first kappa shape index (κ1) is 18.2. The van der Waals surface area contributed by atoms with E-state index in [1.165, 1.54) is 11.8 Å². The molecule has 3 rings (SSSR count). The fourth-order valence-corrected chi connectivity index (χ4v) is 3.99. The van der Waals surface area contributed by atoms with Gasteiger partial charge < -0.3 is 5.32 Å². The summed E-state index contributed by atoms with van der Waals surface area (Å²) in [4.78, 5) is 18.0. The number of aryl methyl sites for hydroxylation is 2. The number of hydrogen-bond acceptors (Lipinski definition) is 5. The van der Waals surface area contributed by atoms with Crippen LogP contribution in [0.3, 0.4) is 0 Å². The van der Waals surface area contributed by atoms with E-state index in [0.717, 1.165) is 27.4 Å². The van der Waals surface area contributed by atoms with E-state index in [4.69, 9.17) is 0 Å². The first-order valence-electron chi connectivity index (χ1n) is 8.02. The molecule has 1 amide bonds. The number of thioether (sulfide) groups is 1. The largest absolute Gasteiger partial charge is 0.325 e. The smallest absolute Gasteiger partial charge is 0.234 e. The number of thiophene rings is 1. The number of para-hydroxylation sites is 1. The van der Waals surface area contributed by atoms with Crippen LogP contribution in [0.15, 0.2) is 52.9 Å². The van der Waals surface area contributed by atoms with Crippen molar-refractivity contribution in [2.75, 3.05) is 11.1 Å². The predicted octanol–water partition coefficient (Wildman–Crippen LogP) is 5.03. The minimum Gasteiger partial charge on any atom is -0.325 e. The van der Waals surface area contributed by atoms with Crippen molar-refractivity contribution >= 4 is 34.7 Å². The van der Waals surface area contributed by atoms with Crippen molar-refractivity contribution in [1.82, 2.24) is 4.98 Å². The molecule has 1 aromatic carbocycles. The molecule has 0 aliphatic carbocycles. The van der Waals surface area contributed by atoms with Crippen LogP contribution >= 0.6 is 23.1 Å². The van der Waals surface area contributed by atoms with Gasteiger partial charge in [-0.1, -0.05) is 36.0 Å². The maximum atomic E-state index is 12.4. The second kappa shape index (κ2) is 8.17. The SMILES string of the molecule is Cc1cccc(C)c1NC(=O)CSc1nc(-c2cccs2)ccc1C#N. The molecule has 0 saturated heterocycles. The Labute approximate surface area is 160 Å².